The minimum Gasteiger partial charge on any atom is -0.367 e. The van der Waals surface area contributed by atoms with Crippen LogP contribution in [0.1, 0.15) is 31.4 Å². The molecule has 22 heavy (non-hydrogen) atoms. The van der Waals surface area contributed by atoms with E-state index in [-0.39, 0.29) is 0 Å². The van der Waals surface area contributed by atoms with Crippen molar-refractivity contribution in [3.05, 3.63) is 30.5 Å². The number of anilines is 1. The number of nitrogens with zero attached hydrogens (tertiary/aromatic N) is 5. The van der Waals surface area contributed by atoms with Crippen LogP contribution in [0.25, 0.3) is 16.9 Å². The first-order chi connectivity index (χ1) is 10.7. The molecule has 0 atom stereocenters. The monoisotopic (exact) mass is 296 g/mol. The number of fused-ring (bicyclic) bond motifs is 1. The van der Waals surface area contributed by atoms with Gasteiger partial charge in [0.25, 0.3) is 0 Å². The quantitative estimate of drug-likeness (QED) is 0.807. The SMILES string of the molecule is Cc1c(-c2nc3cnccn3c2NC2CCCC2)cnn1C. The normalized spacial score (nSPS) is 15.7. The number of aromatic nitrogens is 5. The summed E-state index contributed by atoms with van der Waals surface area (Å²) in [5.41, 5.74) is 4.02. The Labute approximate surface area is 129 Å². The number of nitrogens with one attached hydrogen (secondary N) is 1. The van der Waals surface area contributed by atoms with E-state index >= 15 is 0 Å². The first kappa shape index (κ1) is 13.3. The summed E-state index contributed by atoms with van der Waals surface area (Å²) in [6, 6.07) is 0.531. The van der Waals surface area contributed by atoms with Gasteiger partial charge in [-0.25, -0.2) is 4.98 Å². The molecule has 1 aliphatic carbocycles. The molecule has 114 valence electrons. The van der Waals surface area contributed by atoms with E-state index in [9.17, 15) is 0 Å². The van der Waals surface area contributed by atoms with Crippen molar-refractivity contribution in [2.24, 2.45) is 7.05 Å². The lowest BCUT2D eigenvalue weighted by Crippen LogP contribution is -2.16. The molecule has 1 saturated carbocycles. The Balaban J connectivity index is 1.87. The fraction of sp³-hybridized carbons (Fsp3) is 0.438. The maximum Gasteiger partial charge on any atom is 0.157 e. The van der Waals surface area contributed by atoms with Crippen LogP contribution in [0.4, 0.5) is 5.82 Å². The summed E-state index contributed by atoms with van der Waals surface area (Å²) in [6.45, 7) is 2.07. The Morgan fingerprint density at radius 2 is 2.05 bits per heavy atom. The Hall–Kier alpha value is -2.37. The Kier molecular flexibility index (Phi) is 3.10. The van der Waals surface area contributed by atoms with E-state index in [0.29, 0.717) is 6.04 Å². The molecule has 3 aromatic rings. The molecular weight excluding hydrogens is 276 g/mol. The van der Waals surface area contributed by atoms with Gasteiger partial charge in [0.2, 0.25) is 0 Å². The number of aryl methyl sites for hydroxylation is 1. The van der Waals surface area contributed by atoms with E-state index in [1.807, 2.05) is 24.1 Å². The molecule has 0 amide bonds. The molecule has 0 aromatic carbocycles. The fourth-order valence-corrected chi connectivity index (χ4v) is 3.23. The zero-order valence-corrected chi connectivity index (χ0v) is 13.0. The number of imidazole rings is 1. The van der Waals surface area contributed by atoms with E-state index in [2.05, 4.69) is 26.7 Å². The van der Waals surface area contributed by atoms with Gasteiger partial charge < -0.3 is 5.32 Å². The highest BCUT2D eigenvalue weighted by Crippen LogP contribution is 2.32. The highest BCUT2D eigenvalue weighted by molar-refractivity contribution is 5.77. The first-order valence-electron chi connectivity index (χ1n) is 7.81. The maximum atomic E-state index is 4.78. The summed E-state index contributed by atoms with van der Waals surface area (Å²) in [6.07, 6.45) is 12.5. The van der Waals surface area contributed by atoms with Gasteiger partial charge in [-0.05, 0) is 19.8 Å². The van der Waals surface area contributed by atoms with E-state index in [4.69, 9.17) is 4.98 Å². The molecule has 0 aliphatic heterocycles. The predicted molar refractivity (Wildman–Crippen MR) is 85.8 cm³/mol. The highest BCUT2D eigenvalue weighted by atomic mass is 15.3. The lowest BCUT2D eigenvalue weighted by atomic mass is 10.2. The van der Waals surface area contributed by atoms with Crippen LogP contribution in [0, 0.1) is 6.92 Å². The second-order valence-corrected chi connectivity index (χ2v) is 6.01. The van der Waals surface area contributed by atoms with Crippen LogP contribution in [-0.2, 0) is 7.05 Å². The lowest BCUT2D eigenvalue weighted by molar-refractivity contribution is 0.740. The van der Waals surface area contributed by atoms with Gasteiger partial charge in [0.05, 0.1) is 12.4 Å². The molecule has 0 unspecified atom stereocenters. The molecular formula is C16H20N6. The van der Waals surface area contributed by atoms with E-state index < -0.39 is 0 Å². The molecule has 0 saturated heterocycles. The number of hydrogen-bond donors (Lipinski definition) is 1. The van der Waals surface area contributed by atoms with Crippen molar-refractivity contribution in [2.75, 3.05) is 5.32 Å². The molecule has 6 heteroatoms. The molecule has 1 fully saturated rings. The summed E-state index contributed by atoms with van der Waals surface area (Å²) in [5, 5.41) is 8.06. The molecule has 4 rings (SSSR count). The van der Waals surface area contributed by atoms with Gasteiger partial charge in [-0.2, -0.15) is 5.10 Å². The molecule has 6 nitrogen and oxygen atoms in total. The summed E-state index contributed by atoms with van der Waals surface area (Å²) in [4.78, 5) is 8.97. The molecule has 1 aliphatic rings. The van der Waals surface area contributed by atoms with Crippen LogP contribution in [0.3, 0.4) is 0 Å². The van der Waals surface area contributed by atoms with Crippen molar-refractivity contribution >= 4 is 11.5 Å². The largest absolute Gasteiger partial charge is 0.367 e. The van der Waals surface area contributed by atoms with E-state index in [1.54, 1.807) is 12.4 Å². The van der Waals surface area contributed by atoms with Gasteiger partial charge in [-0.1, -0.05) is 12.8 Å². The van der Waals surface area contributed by atoms with Crippen molar-refractivity contribution in [2.45, 2.75) is 38.6 Å². The van der Waals surface area contributed by atoms with Crippen LogP contribution < -0.4 is 5.32 Å². The maximum absolute atomic E-state index is 4.78. The number of rotatable bonds is 3. The van der Waals surface area contributed by atoms with Crippen molar-refractivity contribution < 1.29 is 0 Å². The number of hydrogen-bond acceptors (Lipinski definition) is 4. The molecule has 3 heterocycles. The average molecular weight is 296 g/mol. The molecule has 1 N–H and O–H groups in total. The van der Waals surface area contributed by atoms with Gasteiger partial charge in [-0.3, -0.25) is 14.1 Å². The third-order valence-corrected chi connectivity index (χ3v) is 4.62. The summed E-state index contributed by atoms with van der Waals surface area (Å²) >= 11 is 0. The van der Waals surface area contributed by atoms with Crippen LogP contribution in [0.2, 0.25) is 0 Å². The lowest BCUT2D eigenvalue weighted by Gasteiger charge is -2.14. The standard InChI is InChI=1S/C16H20N6/c1-11-13(9-18-21(11)2)15-16(19-12-5-3-4-6-12)22-8-7-17-10-14(22)20-15/h7-10,12,19H,3-6H2,1-2H3. The predicted octanol–water partition coefficient (Wildman–Crippen LogP) is 2.79. The molecule has 3 aromatic heterocycles. The smallest absolute Gasteiger partial charge is 0.157 e. The van der Waals surface area contributed by atoms with Crippen molar-refractivity contribution in [3.63, 3.8) is 0 Å². The zero-order chi connectivity index (χ0) is 15.1. The van der Waals surface area contributed by atoms with E-state index in [1.165, 1.54) is 25.7 Å². The second kappa shape index (κ2) is 5.12. The topological polar surface area (TPSA) is 60.0 Å². The Morgan fingerprint density at radius 3 is 2.77 bits per heavy atom. The minimum atomic E-state index is 0.531. The van der Waals surface area contributed by atoms with Gasteiger partial charge in [0.1, 0.15) is 11.5 Å². The summed E-state index contributed by atoms with van der Waals surface area (Å²) in [7, 11) is 1.96. The van der Waals surface area contributed by atoms with Gasteiger partial charge in [-0.15, -0.1) is 0 Å². The van der Waals surface area contributed by atoms with Crippen LogP contribution in [-0.4, -0.2) is 30.2 Å². The van der Waals surface area contributed by atoms with Crippen LogP contribution in [0.15, 0.2) is 24.8 Å². The summed E-state index contributed by atoms with van der Waals surface area (Å²) < 4.78 is 3.98. The van der Waals surface area contributed by atoms with Crippen molar-refractivity contribution in [1.82, 2.24) is 24.1 Å². The summed E-state index contributed by atoms with van der Waals surface area (Å²) in [5.74, 6) is 1.06. The second-order valence-electron chi connectivity index (χ2n) is 6.01. The molecule has 0 radical (unpaired) electrons. The third kappa shape index (κ3) is 2.06. The van der Waals surface area contributed by atoms with Crippen LogP contribution in [0.5, 0.6) is 0 Å². The molecule has 0 bridgehead atoms. The van der Waals surface area contributed by atoms with Gasteiger partial charge in [0, 0.05) is 36.7 Å². The van der Waals surface area contributed by atoms with Gasteiger partial charge >= 0.3 is 0 Å². The minimum absolute atomic E-state index is 0.531. The molecule has 0 spiro atoms. The first-order valence-corrected chi connectivity index (χ1v) is 7.81. The Morgan fingerprint density at radius 1 is 1.23 bits per heavy atom. The van der Waals surface area contributed by atoms with Crippen molar-refractivity contribution in [3.8, 4) is 11.3 Å². The van der Waals surface area contributed by atoms with Crippen molar-refractivity contribution in [1.29, 1.82) is 0 Å². The zero-order valence-electron chi connectivity index (χ0n) is 13.0. The van der Waals surface area contributed by atoms with E-state index in [0.717, 1.165) is 28.4 Å². The van der Waals surface area contributed by atoms with Gasteiger partial charge in [0.15, 0.2) is 5.65 Å². The van der Waals surface area contributed by atoms with Crippen LogP contribution >= 0.6 is 0 Å². The Bertz CT molecular complexity index is 809. The fourth-order valence-electron chi connectivity index (χ4n) is 3.23. The third-order valence-electron chi connectivity index (χ3n) is 4.62. The highest BCUT2D eigenvalue weighted by Gasteiger charge is 2.22. The average Bonchev–Trinajstić information content (AvgIpc) is 3.23.